The zero-order valence-corrected chi connectivity index (χ0v) is 11.3. The summed E-state index contributed by atoms with van der Waals surface area (Å²) in [7, 11) is 1.58. The first kappa shape index (κ1) is 13.9. The lowest BCUT2D eigenvalue weighted by Crippen LogP contribution is -2.16. The molecule has 0 spiro atoms. The summed E-state index contributed by atoms with van der Waals surface area (Å²) in [5, 5.41) is 2.70. The van der Waals surface area contributed by atoms with Crippen molar-refractivity contribution in [2.45, 2.75) is 20.0 Å². The summed E-state index contributed by atoms with van der Waals surface area (Å²) in [6, 6.07) is 5.46. The Morgan fingerprint density at radius 3 is 2.71 bits per heavy atom. The number of nitrogens with one attached hydrogen (secondary N) is 1. The normalized spacial score (nSPS) is 10.1. The highest BCUT2D eigenvalue weighted by molar-refractivity contribution is 9.10. The van der Waals surface area contributed by atoms with Crippen LogP contribution in [0.3, 0.4) is 0 Å². The minimum atomic E-state index is -0.312. The quantitative estimate of drug-likeness (QED) is 0.850. The van der Waals surface area contributed by atoms with E-state index in [9.17, 15) is 9.59 Å². The highest BCUT2D eigenvalue weighted by Crippen LogP contribution is 2.25. The van der Waals surface area contributed by atoms with Gasteiger partial charge in [0.1, 0.15) is 5.78 Å². The number of amides is 1. The number of halogens is 1. The number of carbonyl (C=O) groups is 2. The molecule has 1 aromatic rings. The summed E-state index contributed by atoms with van der Waals surface area (Å²) in [5.74, 6) is -0.473. The monoisotopic (exact) mass is 299 g/mol. The number of anilines is 1. The minimum absolute atomic E-state index is 0.112. The topological polar surface area (TPSA) is 55.4 Å². The maximum atomic E-state index is 11.5. The molecule has 0 radical (unpaired) electrons. The van der Waals surface area contributed by atoms with E-state index in [1.807, 2.05) is 12.1 Å². The molecule has 1 amide bonds. The lowest BCUT2D eigenvalue weighted by molar-refractivity contribution is -0.124. The third-order valence-corrected chi connectivity index (χ3v) is 2.83. The SMILES string of the molecule is COCc1c(Br)cccc1NC(=O)CC(C)=O. The summed E-state index contributed by atoms with van der Waals surface area (Å²) >= 11 is 3.39. The summed E-state index contributed by atoms with van der Waals surface area (Å²) in [4.78, 5) is 22.3. The first-order valence-corrected chi connectivity index (χ1v) is 5.89. The molecule has 1 N–H and O–H groups in total. The van der Waals surface area contributed by atoms with Crippen molar-refractivity contribution in [1.29, 1.82) is 0 Å². The lowest BCUT2D eigenvalue weighted by atomic mass is 10.2. The zero-order chi connectivity index (χ0) is 12.8. The molecule has 0 aliphatic rings. The second-order valence-corrected chi connectivity index (χ2v) is 4.48. The Balaban J connectivity index is 2.86. The van der Waals surface area contributed by atoms with Gasteiger partial charge in [0.2, 0.25) is 5.91 Å². The van der Waals surface area contributed by atoms with Gasteiger partial charge in [0.15, 0.2) is 0 Å². The zero-order valence-electron chi connectivity index (χ0n) is 9.75. The van der Waals surface area contributed by atoms with Crippen LogP contribution in [0.1, 0.15) is 18.9 Å². The van der Waals surface area contributed by atoms with E-state index < -0.39 is 0 Å². The van der Waals surface area contributed by atoms with Crippen LogP contribution in [0.15, 0.2) is 22.7 Å². The number of methoxy groups -OCH3 is 1. The Morgan fingerprint density at radius 1 is 1.41 bits per heavy atom. The highest BCUT2D eigenvalue weighted by atomic mass is 79.9. The molecule has 0 atom stereocenters. The minimum Gasteiger partial charge on any atom is -0.380 e. The second-order valence-electron chi connectivity index (χ2n) is 3.63. The number of ether oxygens (including phenoxy) is 1. The number of Topliss-reactive ketones (excluding diaryl/α,β-unsaturated/α-hetero) is 1. The molecule has 0 saturated heterocycles. The van der Waals surface area contributed by atoms with Gasteiger partial charge in [0, 0.05) is 22.8 Å². The lowest BCUT2D eigenvalue weighted by Gasteiger charge is -2.11. The molecule has 0 fully saturated rings. The molecule has 5 heteroatoms. The molecule has 0 aliphatic heterocycles. The molecule has 92 valence electrons. The summed E-state index contributed by atoms with van der Waals surface area (Å²) in [6.45, 7) is 1.77. The Hall–Kier alpha value is -1.20. The number of carbonyl (C=O) groups excluding carboxylic acids is 2. The van der Waals surface area contributed by atoms with Crippen molar-refractivity contribution in [3.05, 3.63) is 28.2 Å². The van der Waals surface area contributed by atoms with Crippen molar-refractivity contribution in [1.82, 2.24) is 0 Å². The summed E-state index contributed by atoms with van der Waals surface area (Å²) in [6.07, 6.45) is -0.112. The third-order valence-electron chi connectivity index (χ3n) is 2.09. The molecule has 17 heavy (non-hydrogen) atoms. The van der Waals surface area contributed by atoms with Crippen LogP contribution in [0.2, 0.25) is 0 Å². The molecule has 0 aliphatic carbocycles. The summed E-state index contributed by atoms with van der Waals surface area (Å²) < 4.78 is 5.92. The van der Waals surface area contributed by atoms with Gasteiger partial charge < -0.3 is 10.1 Å². The van der Waals surface area contributed by atoms with Gasteiger partial charge in [-0.1, -0.05) is 22.0 Å². The maximum absolute atomic E-state index is 11.5. The fraction of sp³-hybridized carbons (Fsp3) is 0.333. The third kappa shape index (κ3) is 4.28. The van der Waals surface area contributed by atoms with Crippen molar-refractivity contribution in [2.75, 3.05) is 12.4 Å². The molecular weight excluding hydrogens is 286 g/mol. The molecule has 0 bridgehead atoms. The average Bonchev–Trinajstić information content (AvgIpc) is 2.22. The molecule has 1 rings (SSSR count). The van der Waals surface area contributed by atoms with Gasteiger partial charge in [-0.3, -0.25) is 9.59 Å². The fourth-order valence-electron chi connectivity index (χ4n) is 1.39. The van der Waals surface area contributed by atoms with Crippen LogP contribution in [0.25, 0.3) is 0 Å². The van der Waals surface area contributed by atoms with Gasteiger partial charge in [0.25, 0.3) is 0 Å². The predicted octanol–water partition coefficient (Wildman–Crippen LogP) is 2.51. The largest absolute Gasteiger partial charge is 0.380 e. The number of benzene rings is 1. The molecular formula is C12H14BrNO3. The number of hydrogen-bond donors (Lipinski definition) is 1. The van der Waals surface area contributed by atoms with Crippen molar-refractivity contribution in [3.8, 4) is 0 Å². The van der Waals surface area contributed by atoms with E-state index in [0.717, 1.165) is 10.0 Å². The second kappa shape index (κ2) is 6.51. The Kier molecular flexibility index (Phi) is 5.31. The van der Waals surface area contributed by atoms with Crippen LogP contribution < -0.4 is 5.32 Å². The Morgan fingerprint density at radius 2 is 2.12 bits per heavy atom. The molecule has 0 unspecified atom stereocenters. The van der Waals surface area contributed by atoms with E-state index in [1.165, 1.54) is 6.92 Å². The Bertz CT molecular complexity index is 432. The number of ketones is 1. The van der Waals surface area contributed by atoms with Crippen LogP contribution in [0.5, 0.6) is 0 Å². The van der Waals surface area contributed by atoms with E-state index >= 15 is 0 Å². The van der Waals surface area contributed by atoms with Gasteiger partial charge in [-0.15, -0.1) is 0 Å². The van der Waals surface area contributed by atoms with Crippen molar-refractivity contribution in [3.63, 3.8) is 0 Å². The van der Waals surface area contributed by atoms with E-state index in [0.29, 0.717) is 12.3 Å². The Labute approximate surface area is 108 Å². The highest BCUT2D eigenvalue weighted by Gasteiger charge is 2.10. The van der Waals surface area contributed by atoms with Gasteiger partial charge in [-0.2, -0.15) is 0 Å². The van der Waals surface area contributed by atoms with Crippen molar-refractivity contribution >= 4 is 33.3 Å². The van der Waals surface area contributed by atoms with Gasteiger partial charge in [-0.05, 0) is 19.1 Å². The molecule has 0 heterocycles. The van der Waals surface area contributed by atoms with E-state index in [2.05, 4.69) is 21.2 Å². The van der Waals surface area contributed by atoms with Crippen molar-refractivity contribution in [2.24, 2.45) is 0 Å². The molecule has 0 saturated carbocycles. The fourth-order valence-corrected chi connectivity index (χ4v) is 1.87. The average molecular weight is 300 g/mol. The van der Waals surface area contributed by atoms with Crippen LogP contribution >= 0.6 is 15.9 Å². The molecule has 0 aromatic heterocycles. The number of rotatable bonds is 5. The number of hydrogen-bond acceptors (Lipinski definition) is 3. The van der Waals surface area contributed by atoms with Gasteiger partial charge in [-0.25, -0.2) is 0 Å². The molecule has 4 nitrogen and oxygen atoms in total. The van der Waals surface area contributed by atoms with Gasteiger partial charge >= 0.3 is 0 Å². The summed E-state index contributed by atoms with van der Waals surface area (Å²) in [5.41, 5.74) is 1.51. The predicted molar refractivity (Wildman–Crippen MR) is 68.8 cm³/mol. The first-order valence-electron chi connectivity index (χ1n) is 5.10. The van der Waals surface area contributed by atoms with Gasteiger partial charge in [0.05, 0.1) is 13.0 Å². The van der Waals surface area contributed by atoms with E-state index in [1.54, 1.807) is 13.2 Å². The molecule has 1 aromatic carbocycles. The van der Waals surface area contributed by atoms with Crippen LogP contribution in [0.4, 0.5) is 5.69 Å². The standard InChI is InChI=1S/C12H14BrNO3/c1-8(15)6-12(16)14-11-5-3-4-10(13)9(11)7-17-2/h3-5H,6-7H2,1-2H3,(H,14,16). The van der Waals surface area contributed by atoms with E-state index in [-0.39, 0.29) is 18.1 Å². The van der Waals surface area contributed by atoms with Crippen LogP contribution in [-0.4, -0.2) is 18.8 Å². The van der Waals surface area contributed by atoms with E-state index in [4.69, 9.17) is 4.74 Å². The van der Waals surface area contributed by atoms with Crippen LogP contribution in [0, 0.1) is 0 Å². The smallest absolute Gasteiger partial charge is 0.231 e. The first-order chi connectivity index (χ1) is 8.04. The van der Waals surface area contributed by atoms with Crippen LogP contribution in [-0.2, 0) is 20.9 Å². The maximum Gasteiger partial charge on any atom is 0.231 e. The van der Waals surface area contributed by atoms with Crippen molar-refractivity contribution < 1.29 is 14.3 Å².